The van der Waals surface area contributed by atoms with Crippen LogP contribution in [0.15, 0.2) is 133 Å². The number of para-hydroxylation sites is 1. The van der Waals surface area contributed by atoms with Crippen LogP contribution in [0.4, 0.5) is 5.69 Å². The molecule has 1 aliphatic carbocycles. The van der Waals surface area contributed by atoms with Crippen molar-refractivity contribution in [3.05, 3.63) is 161 Å². The second-order valence-electron chi connectivity index (χ2n) is 9.60. The third-order valence-corrected chi connectivity index (χ3v) is 10.5. The molecule has 41 heavy (non-hydrogen) atoms. The Morgan fingerprint density at radius 2 is 1.22 bits per heavy atom. The molecule has 0 unspecified atom stereocenters. The van der Waals surface area contributed by atoms with E-state index in [0.717, 1.165) is 12.1 Å². The van der Waals surface area contributed by atoms with Crippen LogP contribution in [0.3, 0.4) is 0 Å². The molecule has 0 aliphatic heterocycles. The number of nitrogen functional groups attached to an aromatic ring is 1. The summed E-state index contributed by atoms with van der Waals surface area (Å²) in [5, 5.41) is 4.13. The molecule has 2 aromatic heterocycles. The molecule has 2 N–H and O–H groups in total. The first-order valence-electron chi connectivity index (χ1n) is 13.4. The van der Waals surface area contributed by atoms with Crippen molar-refractivity contribution < 1.29 is 0 Å². The van der Waals surface area contributed by atoms with Gasteiger partial charge >= 0.3 is 0 Å². The summed E-state index contributed by atoms with van der Waals surface area (Å²) in [7, 11) is 0. The average molecular weight is 677 g/mol. The fraction of sp³-hybridized carbons (Fsp3) is 0.0270. The summed E-state index contributed by atoms with van der Waals surface area (Å²) in [6, 6.07) is 44.1. The molecule has 0 bridgehead atoms. The van der Waals surface area contributed by atoms with Crippen molar-refractivity contribution in [2.24, 2.45) is 0 Å². The molecule has 1 aliphatic rings. The van der Waals surface area contributed by atoms with Crippen LogP contribution in [0.25, 0.3) is 39.9 Å². The van der Waals surface area contributed by atoms with Gasteiger partial charge in [0.05, 0.1) is 16.9 Å². The lowest BCUT2D eigenvalue weighted by molar-refractivity contribution is 1.22. The monoisotopic (exact) mass is 676 g/mol. The maximum Gasteiger partial charge on any atom is 0.194 e. The number of rotatable bonds is 2. The SMILES string of the molecule is IC1=[C+]C=Cc2c1sc1ccccc21.Nc1ccccc1.c1ccc(Cc2cccc3c2sc2ccccc23)cc1. The van der Waals surface area contributed by atoms with E-state index in [1.165, 1.54) is 55.4 Å². The highest BCUT2D eigenvalue weighted by atomic mass is 127. The van der Waals surface area contributed by atoms with Crippen molar-refractivity contribution in [2.45, 2.75) is 6.42 Å². The summed E-state index contributed by atoms with van der Waals surface area (Å²) in [5.41, 5.74) is 10.3. The molecular weight excluding hydrogens is 649 g/mol. The molecule has 1 nitrogen and oxygen atoms in total. The van der Waals surface area contributed by atoms with Gasteiger partial charge in [0.15, 0.2) is 8.46 Å². The number of hydrogen-bond acceptors (Lipinski definition) is 3. The average Bonchev–Trinajstić information content (AvgIpc) is 3.59. The molecule has 2 heterocycles. The number of thiophene rings is 2. The van der Waals surface area contributed by atoms with Crippen LogP contribution in [-0.4, -0.2) is 0 Å². The van der Waals surface area contributed by atoms with E-state index >= 15 is 0 Å². The smallest absolute Gasteiger partial charge is 0.194 e. The van der Waals surface area contributed by atoms with Gasteiger partial charge in [-0.2, -0.15) is 0 Å². The molecule has 8 rings (SSSR count). The van der Waals surface area contributed by atoms with Gasteiger partial charge < -0.3 is 5.73 Å². The van der Waals surface area contributed by atoms with Crippen molar-refractivity contribution in [3.63, 3.8) is 0 Å². The predicted octanol–water partition coefficient (Wildman–Crippen LogP) is 11.4. The molecule has 0 atom stereocenters. The van der Waals surface area contributed by atoms with Crippen LogP contribution in [0.5, 0.6) is 0 Å². The lowest BCUT2D eigenvalue weighted by atomic mass is 10.0. The zero-order valence-corrected chi connectivity index (χ0v) is 26.0. The van der Waals surface area contributed by atoms with Gasteiger partial charge in [-0.3, -0.25) is 0 Å². The Kier molecular flexibility index (Phi) is 8.54. The Balaban J connectivity index is 0.000000124. The zero-order valence-electron chi connectivity index (χ0n) is 22.3. The molecule has 198 valence electrons. The number of hydrogen-bond donors (Lipinski definition) is 1. The van der Waals surface area contributed by atoms with E-state index in [4.69, 9.17) is 5.73 Å². The van der Waals surface area contributed by atoms with Gasteiger partial charge in [-0.15, -0.1) is 11.3 Å². The topological polar surface area (TPSA) is 26.0 Å². The van der Waals surface area contributed by atoms with Crippen LogP contribution >= 0.6 is 45.3 Å². The first-order chi connectivity index (χ1) is 20.2. The van der Waals surface area contributed by atoms with Gasteiger partial charge in [-0.25, -0.2) is 0 Å². The van der Waals surface area contributed by atoms with Gasteiger partial charge in [0, 0.05) is 53.8 Å². The summed E-state index contributed by atoms with van der Waals surface area (Å²) in [5.74, 6) is 0. The summed E-state index contributed by atoms with van der Waals surface area (Å²) >= 11 is 6.10. The maximum atomic E-state index is 5.36. The standard InChI is InChI=1S/C19H14S.C12H6IS.C6H7N/c1-2-7-14(8-3-1)13-15-9-6-11-17-16-10-4-5-12-18(16)20-19(15)17;13-10-6-3-5-9-8-4-1-2-7-11(8)14-12(9)10;7-6-4-2-1-3-5-6/h1-12H,13H2;1-5,7H;1-5H,7H2/q;+1;. The van der Waals surface area contributed by atoms with E-state index in [2.05, 4.69) is 132 Å². The van der Waals surface area contributed by atoms with Gasteiger partial charge in [0.1, 0.15) is 11.6 Å². The van der Waals surface area contributed by atoms with Gasteiger partial charge in [0.25, 0.3) is 0 Å². The molecule has 0 radical (unpaired) electrons. The summed E-state index contributed by atoms with van der Waals surface area (Å²) < 4.78 is 5.39. The van der Waals surface area contributed by atoms with Crippen molar-refractivity contribution in [3.8, 4) is 0 Å². The zero-order chi connectivity index (χ0) is 28.0. The Morgan fingerprint density at radius 3 is 1.93 bits per heavy atom. The second-order valence-corrected chi connectivity index (χ2v) is 12.8. The fourth-order valence-electron chi connectivity index (χ4n) is 4.87. The lowest BCUT2D eigenvalue weighted by Crippen LogP contribution is -1.87. The summed E-state index contributed by atoms with van der Waals surface area (Å²) in [6.07, 6.45) is 8.39. The number of halogens is 1. The minimum absolute atomic E-state index is 0.822. The maximum absolute atomic E-state index is 5.36. The molecule has 4 heteroatoms. The Bertz CT molecular complexity index is 1980. The number of fused-ring (bicyclic) bond motifs is 6. The number of anilines is 1. The van der Waals surface area contributed by atoms with Crippen LogP contribution in [0, 0.1) is 6.08 Å². The van der Waals surface area contributed by atoms with Gasteiger partial charge in [-0.1, -0.05) is 114 Å². The largest absolute Gasteiger partial charge is 0.399 e. The van der Waals surface area contributed by atoms with Crippen LogP contribution in [-0.2, 0) is 6.42 Å². The van der Waals surface area contributed by atoms with E-state index in [-0.39, 0.29) is 0 Å². The van der Waals surface area contributed by atoms with E-state index in [9.17, 15) is 0 Å². The molecule has 0 saturated carbocycles. The Morgan fingerprint density at radius 1 is 0.610 bits per heavy atom. The molecule has 0 saturated heterocycles. The first-order valence-corrected chi connectivity index (χ1v) is 16.1. The highest BCUT2D eigenvalue weighted by Crippen LogP contribution is 2.41. The summed E-state index contributed by atoms with van der Waals surface area (Å²) in [4.78, 5) is 1.36. The molecule has 0 spiro atoms. The van der Waals surface area contributed by atoms with Crippen LogP contribution in [0.1, 0.15) is 21.6 Å². The van der Waals surface area contributed by atoms with Gasteiger partial charge in [0.2, 0.25) is 0 Å². The Labute approximate surface area is 262 Å². The molecule has 7 aromatic rings. The molecule has 0 amide bonds. The second kappa shape index (κ2) is 12.8. The normalized spacial score (nSPS) is 11.6. The van der Waals surface area contributed by atoms with E-state index in [1.54, 1.807) is 0 Å². The summed E-state index contributed by atoms with van der Waals surface area (Å²) in [6.45, 7) is 0. The van der Waals surface area contributed by atoms with E-state index < -0.39 is 0 Å². The van der Waals surface area contributed by atoms with E-state index in [1.807, 2.05) is 59.1 Å². The van der Waals surface area contributed by atoms with Gasteiger partial charge in [-0.05, 0) is 41.8 Å². The lowest BCUT2D eigenvalue weighted by Gasteiger charge is -2.03. The Hall–Kier alpha value is -3.80. The first kappa shape index (κ1) is 27.4. The number of benzene rings is 5. The fourth-order valence-corrected chi connectivity index (χ4v) is 7.98. The van der Waals surface area contributed by atoms with Crippen molar-refractivity contribution in [1.29, 1.82) is 0 Å². The van der Waals surface area contributed by atoms with Crippen LogP contribution in [0.2, 0.25) is 0 Å². The predicted molar refractivity (Wildman–Crippen MR) is 191 cm³/mol. The highest BCUT2D eigenvalue weighted by molar-refractivity contribution is 14.1. The van der Waals surface area contributed by atoms with Crippen molar-refractivity contribution in [2.75, 3.05) is 5.73 Å². The number of nitrogens with two attached hydrogens (primary N) is 1. The van der Waals surface area contributed by atoms with Crippen molar-refractivity contribution >= 4 is 90.9 Å². The third-order valence-electron chi connectivity index (χ3n) is 6.82. The minimum Gasteiger partial charge on any atom is -0.399 e. The molecule has 5 aromatic carbocycles. The molecular formula is C37H27INS2+. The van der Waals surface area contributed by atoms with Crippen LogP contribution < -0.4 is 5.73 Å². The van der Waals surface area contributed by atoms with E-state index in [0.29, 0.717) is 0 Å². The quantitative estimate of drug-likeness (QED) is 0.110. The third kappa shape index (κ3) is 6.27. The van der Waals surface area contributed by atoms with Crippen molar-refractivity contribution in [1.82, 2.24) is 0 Å². The number of allylic oxidation sites excluding steroid dienone is 2. The highest BCUT2D eigenvalue weighted by Gasteiger charge is 2.22. The molecule has 0 fully saturated rings. The minimum atomic E-state index is 0.822.